The SMILES string of the molecule is FC(F)(F)c1ccnc2n[nH]c(-c3ccccc3)c12. The number of nitrogens with one attached hydrogen (secondary N) is 1. The molecule has 2 aromatic heterocycles. The number of H-pyrrole nitrogens is 1. The first-order valence-corrected chi connectivity index (χ1v) is 5.53. The Hall–Kier alpha value is -2.37. The molecule has 0 fully saturated rings. The van der Waals surface area contributed by atoms with E-state index < -0.39 is 11.7 Å². The van der Waals surface area contributed by atoms with Crippen LogP contribution < -0.4 is 0 Å². The summed E-state index contributed by atoms with van der Waals surface area (Å²) in [4.78, 5) is 3.86. The van der Waals surface area contributed by atoms with Crippen molar-refractivity contribution in [2.45, 2.75) is 6.18 Å². The van der Waals surface area contributed by atoms with Crippen molar-refractivity contribution in [3.63, 3.8) is 0 Å². The normalized spacial score (nSPS) is 11.9. The zero-order chi connectivity index (χ0) is 13.5. The molecule has 0 spiro atoms. The summed E-state index contributed by atoms with van der Waals surface area (Å²) in [6.07, 6.45) is -3.32. The molecule has 3 rings (SSSR count). The van der Waals surface area contributed by atoms with Gasteiger partial charge in [-0.3, -0.25) is 5.10 Å². The lowest BCUT2D eigenvalue weighted by Gasteiger charge is -2.08. The van der Waals surface area contributed by atoms with Gasteiger partial charge in [0.25, 0.3) is 0 Å². The number of nitrogens with zero attached hydrogens (tertiary/aromatic N) is 2. The number of pyridine rings is 1. The summed E-state index contributed by atoms with van der Waals surface area (Å²) in [5.74, 6) is 0. The van der Waals surface area contributed by atoms with Gasteiger partial charge < -0.3 is 0 Å². The second-order valence-corrected chi connectivity index (χ2v) is 4.02. The van der Waals surface area contributed by atoms with E-state index in [1.807, 2.05) is 0 Å². The minimum atomic E-state index is -4.44. The third kappa shape index (κ3) is 1.95. The summed E-state index contributed by atoms with van der Waals surface area (Å²) in [5, 5.41) is 6.46. The fourth-order valence-corrected chi connectivity index (χ4v) is 2.00. The number of rotatable bonds is 1. The van der Waals surface area contributed by atoms with Crippen LogP contribution in [-0.4, -0.2) is 15.2 Å². The van der Waals surface area contributed by atoms with E-state index in [-0.39, 0.29) is 11.0 Å². The van der Waals surface area contributed by atoms with Crippen LogP contribution in [0.1, 0.15) is 5.56 Å². The van der Waals surface area contributed by atoms with Crippen LogP contribution in [0.4, 0.5) is 13.2 Å². The molecule has 2 heterocycles. The number of halogens is 3. The maximum Gasteiger partial charge on any atom is 0.417 e. The summed E-state index contributed by atoms with van der Waals surface area (Å²) in [6.45, 7) is 0. The van der Waals surface area contributed by atoms with Crippen molar-refractivity contribution >= 4 is 11.0 Å². The summed E-state index contributed by atoms with van der Waals surface area (Å²) in [6, 6.07) is 9.72. The number of hydrogen-bond donors (Lipinski definition) is 1. The molecule has 3 nitrogen and oxygen atoms in total. The molecule has 1 N–H and O–H groups in total. The third-order valence-corrected chi connectivity index (χ3v) is 2.82. The molecule has 0 radical (unpaired) electrons. The minimum absolute atomic E-state index is 0.00111. The molecule has 0 amide bonds. The standard InChI is InChI=1S/C13H8F3N3/c14-13(15,16)9-6-7-17-12-10(9)11(18-19-12)8-4-2-1-3-5-8/h1-7H,(H,17,18,19). The molecule has 0 aliphatic carbocycles. The molecule has 19 heavy (non-hydrogen) atoms. The molecule has 0 aliphatic rings. The fraction of sp³-hybridized carbons (Fsp3) is 0.0769. The molecule has 0 atom stereocenters. The zero-order valence-corrected chi connectivity index (χ0v) is 9.57. The lowest BCUT2D eigenvalue weighted by atomic mass is 10.1. The minimum Gasteiger partial charge on any atom is -0.275 e. The Morgan fingerprint density at radius 3 is 2.42 bits per heavy atom. The Kier molecular flexibility index (Phi) is 2.51. The fourth-order valence-electron chi connectivity index (χ4n) is 2.00. The van der Waals surface area contributed by atoms with Gasteiger partial charge in [-0.15, -0.1) is 0 Å². The van der Waals surface area contributed by atoms with Crippen LogP contribution >= 0.6 is 0 Å². The van der Waals surface area contributed by atoms with Crippen LogP contribution in [0.3, 0.4) is 0 Å². The number of aromatic nitrogens is 3. The van der Waals surface area contributed by atoms with Gasteiger partial charge in [0, 0.05) is 11.8 Å². The van der Waals surface area contributed by atoms with Crippen molar-refractivity contribution in [2.24, 2.45) is 0 Å². The average molecular weight is 263 g/mol. The number of fused-ring (bicyclic) bond motifs is 1. The van der Waals surface area contributed by atoms with E-state index in [4.69, 9.17) is 0 Å². The number of alkyl halides is 3. The number of benzene rings is 1. The maximum absolute atomic E-state index is 13.0. The Morgan fingerprint density at radius 2 is 1.74 bits per heavy atom. The molecule has 0 unspecified atom stereocenters. The van der Waals surface area contributed by atoms with Crippen LogP contribution in [0.5, 0.6) is 0 Å². The van der Waals surface area contributed by atoms with E-state index in [2.05, 4.69) is 15.2 Å². The van der Waals surface area contributed by atoms with Gasteiger partial charge in [0.05, 0.1) is 16.6 Å². The quantitative estimate of drug-likeness (QED) is 0.728. The highest BCUT2D eigenvalue weighted by Gasteiger charge is 2.34. The Bertz CT molecular complexity index is 717. The molecule has 96 valence electrons. The van der Waals surface area contributed by atoms with Crippen molar-refractivity contribution in [1.29, 1.82) is 0 Å². The summed E-state index contributed by atoms with van der Waals surface area (Å²) in [5.41, 5.74) is 0.304. The van der Waals surface area contributed by atoms with Gasteiger partial charge in [0.2, 0.25) is 0 Å². The van der Waals surface area contributed by atoms with E-state index >= 15 is 0 Å². The van der Waals surface area contributed by atoms with Gasteiger partial charge in [-0.05, 0) is 6.07 Å². The van der Waals surface area contributed by atoms with Gasteiger partial charge in [0.15, 0.2) is 5.65 Å². The molecule has 0 saturated heterocycles. The lowest BCUT2D eigenvalue weighted by molar-refractivity contribution is -0.136. The topological polar surface area (TPSA) is 41.6 Å². The molecular weight excluding hydrogens is 255 g/mol. The van der Waals surface area contributed by atoms with Gasteiger partial charge >= 0.3 is 6.18 Å². The van der Waals surface area contributed by atoms with E-state index in [9.17, 15) is 13.2 Å². The average Bonchev–Trinajstić information content (AvgIpc) is 2.82. The highest BCUT2D eigenvalue weighted by Crippen LogP contribution is 2.37. The second-order valence-electron chi connectivity index (χ2n) is 4.02. The Morgan fingerprint density at radius 1 is 1.00 bits per heavy atom. The summed E-state index contributed by atoms with van der Waals surface area (Å²) in [7, 11) is 0. The molecule has 6 heteroatoms. The predicted octanol–water partition coefficient (Wildman–Crippen LogP) is 3.64. The molecule has 1 aromatic carbocycles. The van der Waals surface area contributed by atoms with E-state index in [1.54, 1.807) is 30.3 Å². The first-order chi connectivity index (χ1) is 9.07. The zero-order valence-electron chi connectivity index (χ0n) is 9.57. The predicted molar refractivity (Wildman–Crippen MR) is 64.3 cm³/mol. The second kappa shape index (κ2) is 4.08. The van der Waals surface area contributed by atoms with Crippen LogP contribution in [0.2, 0.25) is 0 Å². The van der Waals surface area contributed by atoms with Gasteiger partial charge in [-0.2, -0.15) is 18.3 Å². The van der Waals surface area contributed by atoms with Crippen molar-refractivity contribution in [3.05, 3.63) is 48.2 Å². The smallest absolute Gasteiger partial charge is 0.275 e. The highest BCUT2D eigenvalue weighted by molar-refractivity contribution is 5.93. The first kappa shape index (κ1) is 11.7. The van der Waals surface area contributed by atoms with E-state index in [1.165, 1.54) is 0 Å². The van der Waals surface area contributed by atoms with Crippen LogP contribution in [0.15, 0.2) is 42.6 Å². The first-order valence-electron chi connectivity index (χ1n) is 5.53. The maximum atomic E-state index is 13.0. The summed E-state index contributed by atoms with van der Waals surface area (Å²) < 4.78 is 39.1. The molecule has 3 aromatic rings. The van der Waals surface area contributed by atoms with Crippen LogP contribution in [0, 0.1) is 0 Å². The molecule has 0 saturated carbocycles. The van der Waals surface area contributed by atoms with Crippen LogP contribution in [-0.2, 0) is 6.18 Å². The third-order valence-electron chi connectivity index (χ3n) is 2.82. The monoisotopic (exact) mass is 263 g/mol. The molecular formula is C13H8F3N3. The van der Waals surface area contributed by atoms with Crippen molar-refractivity contribution in [2.75, 3.05) is 0 Å². The number of aromatic amines is 1. The van der Waals surface area contributed by atoms with Crippen molar-refractivity contribution in [1.82, 2.24) is 15.2 Å². The Balaban J connectivity index is 2.33. The van der Waals surface area contributed by atoms with Crippen molar-refractivity contribution < 1.29 is 13.2 Å². The summed E-state index contributed by atoms with van der Waals surface area (Å²) >= 11 is 0. The van der Waals surface area contributed by atoms with Crippen LogP contribution in [0.25, 0.3) is 22.3 Å². The lowest BCUT2D eigenvalue weighted by Crippen LogP contribution is -2.06. The Labute approximate surface area is 106 Å². The van der Waals surface area contributed by atoms with Gasteiger partial charge in [-0.25, -0.2) is 4.98 Å². The molecule has 0 bridgehead atoms. The van der Waals surface area contributed by atoms with E-state index in [0.29, 0.717) is 11.3 Å². The highest BCUT2D eigenvalue weighted by atomic mass is 19.4. The van der Waals surface area contributed by atoms with E-state index in [0.717, 1.165) is 12.3 Å². The number of hydrogen-bond acceptors (Lipinski definition) is 2. The largest absolute Gasteiger partial charge is 0.417 e. The molecule has 0 aliphatic heterocycles. The van der Waals surface area contributed by atoms with Crippen molar-refractivity contribution in [3.8, 4) is 11.3 Å². The van der Waals surface area contributed by atoms with Gasteiger partial charge in [0.1, 0.15) is 0 Å². The van der Waals surface area contributed by atoms with Gasteiger partial charge in [-0.1, -0.05) is 30.3 Å².